The Labute approximate surface area is 104 Å². The molecule has 17 heavy (non-hydrogen) atoms. The Balaban J connectivity index is 2.35. The molecule has 1 rings (SSSR count). The minimum Gasteiger partial charge on any atom is -0.409 e. The van der Waals surface area contributed by atoms with Crippen LogP contribution in [0.3, 0.4) is 0 Å². The number of nitrogens with zero attached hydrogens (tertiary/aromatic N) is 2. The van der Waals surface area contributed by atoms with Gasteiger partial charge in [-0.3, -0.25) is 4.90 Å². The maximum absolute atomic E-state index is 8.65. The lowest BCUT2D eigenvalue weighted by Crippen LogP contribution is -2.41. The summed E-state index contributed by atoms with van der Waals surface area (Å²) in [5.74, 6) is 0.299. The first-order valence-corrected chi connectivity index (χ1v) is 6.56. The summed E-state index contributed by atoms with van der Waals surface area (Å²) in [6, 6.07) is 0.594. The number of nitrogens with two attached hydrogens (primary N) is 1. The summed E-state index contributed by atoms with van der Waals surface area (Å²) in [7, 11) is 0. The highest BCUT2D eigenvalue weighted by atomic mass is 16.5. The first-order chi connectivity index (χ1) is 8.27. The molecule has 0 bridgehead atoms. The van der Waals surface area contributed by atoms with Crippen molar-refractivity contribution in [1.29, 1.82) is 0 Å². The first kappa shape index (κ1) is 14.3. The van der Waals surface area contributed by atoms with Crippen molar-refractivity contribution < 1.29 is 9.94 Å². The van der Waals surface area contributed by atoms with Crippen molar-refractivity contribution >= 4 is 5.84 Å². The molecule has 100 valence electrons. The first-order valence-electron chi connectivity index (χ1n) is 6.56. The van der Waals surface area contributed by atoms with E-state index in [-0.39, 0.29) is 0 Å². The molecule has 0 spiro atoms. The average molecular weight is 243 g/mol. The third-order valence-electron chi connectivity index (χ3n) is 3.27. The molecule has 0 aliphatic heterocycles. The van der Waals surface area contributed by atoms with Gasteiger partial charge in [-0.2, -0.15) is 0 Å². The van der Waals surface area contributed by atoms with E-state index in [1.54, 1.807) is 0 Å². The third-order valence-corrected chi connectivity index (χ3v) is 3.27. The zero-order valence-electron chi connectivity index (χ0n) is 10.8. The van der Waals surface area contributed by atoms with E-state index >= 15 is 0 Å². The van der Waals surface area contributed by atoms with E-state index in [4.69, 9.17) is 15.7 Å². The summed E-state index contributed by atoms with van der Waals surface area (Å²) >= 11 is 0. The molecule has 0 aromatic heterocycles. The van der Waals surface area contributed by atoms with Crippen molar-refractivity contribution in [2.24, 2.45) is 10.9 Å². The van der Waals surface area contributed by atoms with Crippen LogP contribution in [0.15, 0.2) is 5.16 Å². The van der Waals surface area contributed by atoms with Crippen LogP contribution in [-0.4, -0.2) is 48.3 Å². The summed E-state index contributed by atoms with van der Waals surface area (Å²) in [5.41, 5.74) is 5.60. The molecule has 1 aliphatic rings. The maximum Gasteiger partial charge on any atom is 0.153 e. The highest BCUT2D eigenvalue weighted by Gasteiger charge is 2.22. The minimum absolute atomic E-state index is 0.299. The topological polar surface area (TPSA) is 71.1 Å². The lowest BCUT2D eigenvalue weighted by molar-refractivity contribution is 0.126. The normalized spacial score (nSPS) is 18.1. The molecule has 0 saturated heterocycles. The molecular formula is C12H25N3O2. The molecule has 3 N–H and O–H groups in total. The van der Waals surface area contributed by atoms with E-state index in [9.17, 15) is 0 Å². The van der Waals surface area contributed by atoms with Gasteiger partial charge in [0, 0.05) is 25.8 Å². The maximum atomic E-state index is 8.65. The number of amidine groups is 1. The van der Waals surface area contributed by atoms with Crippen LogP contribution in [-0.2, 0) is 4.74 Å². The van der Waals surface area contributed by atoms with Gasteiger partial charge in [-0.25, -0.2) is 0 Å². The van der Waals surface area contributed by atoms with Gasteiger partial charge in [0.1, 0.15) is 0 Å². The Morgan fingerprint density at radius 3 is 2.76 bits per heavy atom. The average Bonchev–Trinajstić information content (AvgIpc) is 2.86. The molecule has 0 amide bonds. The Hall–Kier alpha value is -0.810. The van der Waals surface area contributed by atoms with Crippen LogP contribution in [0.5, 0.6) is 0 Å². The summed E-state index contributed by atoms with van der Waals surface area (Å²) in [6.07, 6.45) is 6.05. The van der Waals surface area contributed by atoms with E-state index in [1.165, 1.54) is 25.7 Å². The second-order valence-electron chi connectivity index (χ2n) is 4.55. The molecule has 5 heteroatoms. The van der Waals surface area contributed by atoms with Crippen molar-refractivity contribution in [3.63, 3.8) is 0 Å². The molecule has 0 atom stereocenters. The van der Waals surface area contributed by atoms with Crippen molar-refractivity contribution in [2.45, 2.75) is 45.1 Å². The van der Waals surface area contributed by atoms with Gasteiger partial charge in [0.25, 0.3) is 0 Å². The van der Waals surface area contributed by atoms with E-state index in [1.807, 2.05) is 6.92 Å². The molecule has 0 aromatic carbocycles. The van der Waals surface area contributed by atoms with Crippen LogP contribution < -0.4 is 5.73 Å². The predicted octanol–water partition coefficient (Wildman–Crippen LogP) is 1.40. The van der Waals surface area contributed by atoms with E-state index in [0.29, 0.717) is 18.4 Å². The van der Waals surface area contributed by atoms with E-state index < -0.39 is 0 Å². The number of hydrogen-bond donors (Lipinski definition) is 2. The molecule has 0 radical (unpaired) electrons. The predicted molar refractivity (Wildman–Crippen MR) is 68.3 cm³/mol. The van der Waals surface area contributed by atoms with Crippen molar-refractivity contribution in [1.82, 2.24) is 4.90 Å². The summed E-state index contributed by atoms with van der Waals surface area (Å²) in [5, 5.41) is 11.7. The van der Waals surface area contributed by atoms with E-state index in [2.05, 4.69) is 10.1 Å². The highest BCUT2D eigenvalue weighted by molar-refractivity contribution is 5.81. The van der Waals surface area contributed by atoms with Crippen molar-refractivity contribution in [3.8, 4) is 0 Å². The fraction of sp³-hybridized carbons (Fsp3) is 0.917. The third kappa shape index (κ3) is 5.37. The van der Waals surface area contributed by atoms with Gasteiger partial charge in [0.15, 0.2) is 5.84 Å². The van der Waals surface area contributed by atoms with Crippen LogP contribution in [0.25, 0.3) is 0 Å². The monoisotopic (exact) mass is 243 g/mol. The summed E-state index contributed by atoms with van der Waals surface area (Å²) < 4.78 is 5.34. The zero-order chi connectivity index (χ0) is 12.5. The van der Waals surface area contributed by atoms with Crippen LogP contribution in [0.4, 0.5) is 0 Å². The number of rotatable bonds is 8. The molecule has 5 nitrogen and oxygen atoms in total. The van der Waals surface area contributed by atoms with Crippen LogP contribution >= 0.6 is 0 Å². The lowest BCUT2D eigenvalue weighted by Gasteiger charge is -2.28. The van der Waals surface area contributed by atoms with Crippen LogP contribution in [0.2, 0.25) is 0 Å². The SMILES string of the molecule is CCOCCCN(CC(N)=NO)C1CCCC1. The molecule has 1 fully saturated rings. The summed E-state index contributed by atoms with van der Waals surface area (Å²) in [6.45, 7) is 5.08. The largest absolute Gasteiger partial charge is 0.409 e. The van der Waals surface area contributed by atoms with Crippen LogP contribution in [0.1, 0.15) is 39.0 Å². The molecule has 0 unspecified atom stereocenters. The smallest absolute Gasteiger partial charge is 0.153 e. The Bertz CT molecular complexity index is 228. The second kappa shape index (κ2) is 8.31. The molecule has 1 saturated carbocycles. The lowest BCUT2D eigenvalue weighted by atomic mass is 10.2. The van der Waals surface area contributed by atoms with Gasteiger partial charge in [-0.1, -0.05) is 18.0 Å². The highest BCUT2D eigenvalue weighted by Crippen LogP contribution is 2.23. The zero-order valence-corrected chi connectivity index (χ0v) is 10.8. The van der Waals surface area contributed by atoms with Gasteiger partial charge >= 0.3 is 0 Å². The Morgan fingerprint density at radius 1 is 1.47 bits per heavy atom. The molecule has 1 aliphatic carbocycles. The standard InChI is InChI=1S/C12H25N3O2/c1-2-17-9-5-8-15(10-12(13)14-16)11-6-3-4-7-11/h11,16H,2-10H2,1H3,(H2,13,14). The van der Waals surface area contributed by atoms with Gasteiger partial charge in [-0.15, -0.1) is 0 Å². The molecular weight excluding hydrogens is 218 g/mol. The number of ether oxygens (including phenoxy) is 1. The van der Waals surface area contributed by atoms with E-state index in [0.717, 1.165) is 26.2 Å². The van der Waals surface area contributed by atoms with Gasteiger partial charge < -0.3 is 15.7 Å². The number of oxime groups is 1. The quantitative estimate of drug-likeness (QED) is 0.222. The van der Waals surface area contributed by atoms with Gasteiger partial charge in [0.2, 0.25) is 0 Å². The van der Waals surface area contributed by atoms with Crippen molar-refractivity contribution in [2.75, 3.05) is 26.3 Å². The van der Waals surface area contributed by atoms with Crippen molar-refractivity contribution in [3.05, 3.63) is 0 Å². The second-order valence-corrected chi connectivity index (χ2v) is 4.55. The fourth-order valence-corrected chi connectivity index (χ4v) is 2.41. The Morgan fingerprint density at radius 2 is 2.18 bits per heavy atom. The fourth-order valence-electron chi connectivity index (χ4n) is 2.41. The van der Waals surface area contributed by atoms with Gasteiger partial charge in [0.05, 0.1) is 6.54 Å². The Kier molecular flexibility index (Phi) is 6.96. The molecule has 0 heterocycles. The number of hydrogen-bond acceptors (Lipinski definition) is 4. The molecule has 0 aromatic rings. The van der Waals surface area contributed by atoms with Crippen LogP contribution in [0, 0.1) is 0 Å². The summed E-state index contributed by atoms with van der Waals surface area (Å²) in [4.78, 5) is 2.32. The van der Waals surface area contributed by atoms with Gasteiger partial charge in [-0.05, 0) is 26.2 Å². The minimum atomic E-state index is 0.299.